The molecular weight excluding hydrogens is 343 g/mol. The number of imidazole rings is 1. The molecule has 0 aliphatic carbocycles. The molecule has 0 unspecified atom stereocenters. The largest absolute Gasteiger partial charge is 0.493 e. The minimum absolute atomic E-state index is 0.228. The van der Waals surface area contributed by atoms with E-state index in [4.69, 9.17) is 4.74 Å². The Labute approximate surface area is 156 Å². The van der Waals surface area contributed by atoms with E-state index in [1.165, 1.54) is 13.2 Å². The van der Waals surface area contributed by atoms with Crippen LogP contribution in [-0.4, -0.2) is 21.8 Å². The maximum Gasteiger partial charge on any atom is 0.165 e. The van der Waals surface area contributed by atoms with Gasteiger partial charge in [-0.1, -0.05) is 30.3 Å². The fourth-order valence-corrected chi connectivity index (χ4v) is 3.26. The van der Waals surface area contributed by atoms with Gasteiger partial charge in [-0.15, -0.1) is 0 Å². The highest BCUT2D eigenvalue weighted by Crippen LogP contribution is 2.33. The number of nitrogens with zero attached hydrogens (tertiary/aromatic N) is 2. The minimum Gasteiger partial charge on any atom is -0.493 e. The molecule has 0 bridgehead atoms. The maximum absolute atomic E-state index is 14.1. The van der Waals surface area contributed by atoms with Gasteiger partial charge in [-0.3, -0.25) is 4.57 Å². The summed E-state index contributed by atoms with van der Waals surface area (Å²) in [7, 11) is 1.47. The van der Waals surface area contributed by atoms with Crippen molar-refractivity contribution in [3.8, 4) is 22.6 Å². The lowest BCUT2D eigenvalue weighted by molar-refractivity contribution is 0.199. The molecule has 0 spiro atoms. The maximum atomic E-state index is 14.1. The van der Waals surface area contributed by atoms with Crippen LogP contribution in [0.15, 0.2) is 67.0 Å². The molecule has 5 heteroatoms. The zero-order chi connectivity index (χ0) is 19.0. The number of para-hydroxylation sites is 1. The SMILES string of the molecule is COc1c(F)cccc1-c1cccc(-n2cnc3cc([C@H](C)O)ccc32)c1. The molecule has 3 aromatic carbocycles. The van der Waals surface area contributed by atoms with Crippen molar-refractivity contribution in [2.45, 2.75) is 13.0 Å². The number of aliphatic hydroxyl groups is 1. The number of methoxy groups -OCH3 is 1. The average molecular weight is 362 g/mol. The molecule has 0 saturated carbocycles. The van der Waals surface area contributed by atoms with Crippen LogP contribution >= 0.6 is 0 Å². The number of aliphatic hydroxyl groups excluding tert-OH is 1. The number of aromatic nitrogens is 2. The predicted octanol–water partition coefficient (Wildman–Crippen LogP) is 4.89. The van der Waals surface area contributed by atoms with Crippen LogP contribution in [0.5, 0.6) is 5.75 Å². The lowest BCUT2D eigenvalue weighted by Crippen LogP contribution is -1.95. The van der Waals surface area contributed by atoms with Gasteiger partial charge in [0, 0.05) is 11.3 Å². The van der Waals surface area contributed by atoms with Crippen LogP contribution in [0.3, 0.4) is 0 Å². The number of hydrogen-bond donors (Lipinski definition) is 1. The van der Waals surface area contributed by atoms with E-state index in [9.17, 15) is 9.50 Å². The summed E-state index contributed by atoms with van der Waals surface area (Å²) in [6.07, 6.45) is 1.21. The van der Waals surface area contributed by atoms with Gasteiger partial charge in [0.2, 0.25) is 0 Å². The van der Waals surface area contributed by atoms with E-state index in [0.717, 1.165) is 27.8 Å². The topological polar surface area (TPSA) is 47.3 Å². The number of hydrogen-bond acceptors (Lipinski definition) is 3. The average Bonchev–Trinajstić information content (AvgIpc) is 3.11. The van der Waals surface area contributed by atoms with Gasteiger partial charge in [-0.2, -0.15) is 0 Å². The predicted molar refractivity (Wildman–Crippen MR) is 104 cm³/mol. The summed E-state index contributed by atoms with van der Waals surface area (Å²) in [5.41, 5.74) is 5.02. The van der Waals surface area contributed by atoms with E-state index in [-0.39, 0.29) is 11.6 Å². The Bertz CT molecular complexity index is 1120. The molecule has 1 aromatic heterocycles. The second kappa shape index (κ2) is 6.85. The number of rotatable bonds is 4. The van der Waals surface area contributed by atoms with Gasteiger partial charge in [-0.05, 0) is 48.4 Å². The Balaban J connectivity index is 1.82. The van der Waals surface area contributed by atoms with Crippen molar-refractivity contribution in [2.24, 2.45) is 0 Å². The second-order valence-corrected chi connectivity index (χ2v) is 6.41. The second-order valence-electron chi connectivity index (χ2n) is 6.41. The molecule has 136 valence electrons. The van der Waals surface area contributed by atoms with Crippen LogP contribution in [0.1, 0.15) is 18.6 Å². The fraction of sp³-hybridized carbons (Fsp3) is 0.136. The van der Waals surface area contributed by atoms with Crippen LogP contribution in [0, 0.1) is 5.82 Å². The van der Waals surface area contributed by atoms with E-state index in [2.05, 4.69) is 4.98 Å². The summed E-state index contributed by atoms with van der Waals surface area (Å²) in [5.74, 6) is -0.161. The first-order chi connectivity index (χ1) is 13.1. The number of fused-ring (bicyclic) bond motifs is 1. The standard InChI is InChI=1S/C22H19FN2O2/c1-14(26)15-9-10-21-20(12-15)24-13-25(21)17-6-3-5-16(11-17)18-7-4-8-19(23)22(18)27-2/h3-14,26H,1-2H3/t14-/m0/s1. The lowest BCUT2D eigenvalue weighted by Gasteiger charge is -2.12. The lowest BCUT2D eigenvalue weighted by atomic mass is 10.0. The van der Waals surface area contributed by atoms with Crippen LogP contribution in [-0.2, 0) is 0 Å². The third kappa shape index (κ3) is 3.06. The van der Waals surface area contributed by atoms with E-state index in [1.54, 1.807) is 19.3 Å². The van der Waals surface area contributed by atoms with E-state index in [1.807, 2.05) is 53.1 Å². The van der Waals surface area contributed by atoms with Gasteiger partial charge in [0.05, 0.1) is 24.2 Å². The molecule has 1 N–H and O–H groups in total. The number of benzene rings is 3. The summed E-state index contributed by atoms with van der Waals surface area (Å²) in [4.78, 5) is 4.46. The van der Waals surface area contributed by atoms with Gasteiger partial charge in [-0.25, -0.2) is 9.37 Å². The smallest absolute Gasteiger partial charge is 0.165 e. The molecular formula is C22H19FN2O2. The van der Waals surface area contributed by atoms with Crippen molar-refractivity contribution in [2.75, 3.05) is 7.11 Å². The Morgan fingerprint density at radius 3 is 2.67 bits per heavy atom. The van der Waals surface area contributed by atoms with Crippen molar-refractivity contribution >= 4 is 11.0 Å². The molecule has 0 radical (unpaired) electrons. The van der Waals surface area contributed by atoms with E-state index >= 15 is 0 Å². The molecule has 1 atom stereocenters. The van der Waals surface area contributed by atoms with Gasteiger partial charge in [0.15, 0.2) is 11.6 Å². The Morgan fingerprint density at radius 2 is 1.89 bits per heavy atom. The third-order valence-corrected chi connectivity index (χ3v) is 4.66. The molecule has 4 rings (SSSR count). The number of ether oxygens (including phenoxy) is 1. The zero-order valence-electron chi connectivity index (χ0n) is 15.1. The molecule has 1 heterocycles. The van der Waals surface area contributed by atoms with Gasteiger partial charge in [0.1, 0.15) is 6.33 Å². The van der Waals surface area contributed by atoms with Crippen molar-refractivity contribution < 1.29 is 14.2 Å². The first kappa shape index (κ1) is 17.2. The fourth-order valence-electron chi connectivity index (χ4n) is 3.26. The van der Waals surface area contributed by atoms with Crippen LogP contribution in [0.2, 0.25) is 0 Å². The van der Waals surface area contributed by atoms with Crippen molar-refractivity contribution in [1.82, 2.24) is 9.55 Å². The third-order valence-electron chi connectivity index (χ3n) is 4.66. The molecule has 0 aliphatic heterocycles. The van der Waals surface area contributed by atoms with E-state index in [0.29, 0.717) is 5.56 Å². The monoisotopic (exact) mass is 362 g/mol. The molecule has 0 fully saturated rings. The van der Waals surface area contributed by atoms with Crippen LogP contribution in [0.25, 0.3) is 27.8 Å². The van der Waals surface area contributed by atoms with Gasteiger partial charge >= 0.3 is 0 Å². The van der Waals surface area contributed by atoms with E-state index < -0.39 is 6.10 Å². The normalized spacial score (nSPS) is 12.3. The summed E-state index contributed by atoms with van der Waals surface area (Å²) in [6.45, 7) is 1.73. The Hall–Kier alpha value is -3.18. The van der Waals surface area contributed by atoms with Gasteiger partial charge < -0.3 is 9.84 Å². The first-order valence-electron chi connectivity index (χ1n) is 8.67. The highest BCUT2D eigenvalue weighted by Gasteiger charge is 2.13. The molecule has 4 nitrogen and oxygen atoms in total. The molecule has 4 aromatic rings. The minimum atomic E-state index is -0.539. The molecule has 0 saturated heterocycles. The van der Waals surface area contributed by atoms with Crippen LogP contribution < -0.4 is 4.74 Å². The molecule has 27 heavy (non-hydrogen) atoms. The number of halogens is 1. The quantitative estimate of drug-likeness (QED) is 0.562. The molecule has 0 aliphatic rings. The van der Waals surface area contributed by atoms with Crippen molar-refractivity contribution in [3.05, 3.63) is 78.4 Å². The summed E-state index contributed by atoms with van der Waals surface area (Å²) < 4.78 is 21.3. The summed E-state index contributed by atoms with van der Waals surface area (Å²) >= 11 is 0. The highest BCUT2D eigenvalue weighted by atomic mass is 19.1. The summed E-state index contributed by atoms with van der Waals surface area (Å²) in [5, 5.41) is 9.76. The highest BCUT2D eigenvalue weighted by molar-refractivity contribution is 5.79. The Kier molecular flexibility index (Phi) is 4.38. The molecule has 0 amide bonds. The van der Waals surface area contributed by atoms with Crippen molar-refractivity contribution in [3.63, 3.8) is 0 Å². The van der Waals surface area contributed by atoms with Crippen LogP contribution in [0.4, 0.5) is 4.39 Å². The Morgan fingerprint density at radius 1 is 1.07 bits per heavy atom. The van der Waals surface area contributed by atoms with Gasteiger partial charge in [0.25, 0.3) is 0 Å². The summed E-state index contributed by atoms with van der Waals surface area (Å²) in [6, 6.07) is 18.4. The first-order valence-corrected chi connectivity index (χ1v) is 8.67. The zero-order valence-corrected chi connectivity index (χ0v) is 15.1. The van der Waals surface area contributed by atoms with Crippen molar-refractivity contribution in [1.29, 1.82) is 0 Å².